The summed E-state index contributed by atoms with van der Waals surface area (Å²) in [5.74, 6) is 0.309. The highest BCUT2D eigenvalue weighted by Gasteiger charge is 2.19. The molecule has 1 atom stereocenters. The fourth-order valence-corrected chi connectivity index (χ4v) is 3.36. The number of rotatable bonds is 6. The van der Waals surface area contributed by atoms with E-state index in [0.29, 0.717) is 16.5 Å². The van der Waals surface area contributed by atoms with Crippen molar-refractivity contribution in [3.05, 3.63) is 65.2 Å². The van der Waals surface area contributed by atoms with Crippen molar-refractivity contribution in [2.75, 3.05) is 0 Å². The maximum absolute atomic E-state index is 13.1. The highest BCUT2D eigenvalue weighted by molar-refractivity contribution is 7.13. The molecular weight excluding hydrogens is 351 g/mol. The molecule has 1 N–H and O–H groups in total. The van der Waals surface area contributed by atoms with Crippen molar-refractivity contribution in [2.24, 2.45) is 5.92 Å². The van der Waals surface area contributed by atoms with E-state index in [9.17, 15) is 9.18 Å². The average Bonchev–Trinajstić information content (AvgIpc) is 3.09. The third-order valence-electron chi connectivity index (χ3n) is 3.86. The molecule has 0 fully saturated rings. The first-order chi connectivity index (χ1) is 12.5. The molecule has 0 bridgehead atoms. The minimum absolute atomic E-state index is 0.126. The van der Waals surface area contributed by atoms with Crippen LogP contribution in [0.3, 0.4) is 0 Å². The van der Waals surface area contributed by atoms with Gasteiger partial charge in [0.2, 0.25) is 5.91 Å². The fraction of sp³-hybridized carbons (Fsp3) is 0.263. The van der Waals surface area contributed by atoms with Crippen molar-refractivity contribution in [1.29, 1.82) is 0 Å². The summed E-state index contributed by atoms with van der Waals surface area (Å²) in [4.78, 5) is 25.2. The van der Waals surface area contributed by atoms with Gasteiger partial charge in [-0.25, -0.2) is 19.3 Å². The van der Waals surface area contributed by atoms with Gasteiger partial charge in [0.05, 0.1) is 18.2 Å². The second-order valence-electron chi connectivity index (χ2n) is 6.23. The topological polar surface area (TPSA) is 67.8 Å². The number of amides is 1. The third-order valence-corrected chi connectivity index (χ3v) is 4.75. The molecule has 3 aromatic rings. The summed E-state index contributed by atoms with van der Waals surface area (Å²) in [7, 11) is 0. The summed E-state index contributed by atoms with van der Waals surface area (Å²) in [6.07, 6.45) is 3.49. The molecule has 0 radical (unpaired) electrons. The minimum atomic E-state index is -0.291. The number of hydrogen-bond donors (Lipinski definition) is 1. The van der Waals surface area contributed by atoms with Crippen molar-refractivity contribution in [2.45, 2.75) is 26.3 Å². The van der Waals surface area contributed by atoms with E-state index in [-0.39, 0.29) is 30.1 Å². The van der Waals surface area contributed by atoms with Crippen molar-refractivity contribution < 1.29 is 9.18 Å². The largest absolute Gasteiger partial charge is 0.349 e. The molecule has 0 aliphatic heterocycles. The lowest BCUT2D eigenvalue weighted by atomic mass is 9.96. The molecule has 0 saturated heterocycles. The second kappa shape index (κ2) is 8.14. The van der Waals surface area contributed by atoms with Gasteiger partial charge in [0.15, 0.2) is 10.8 Å². The number of hydrogen-bond acceptors (Lipinski definition) is 5. The highest BCUT2D eigenvalue weighted by Crippen LogP contribution is 2.23. The SMILES string of the molecule is CC(C)[C@H](NC(=O)Cc1csc(-c2ncccn2)n1)c1ccc(F)cc1. The first-order valence-corrected chi connectivity index (χ1v) is 9.17. The molecule has 0 aliphatic rings. The molecule has 7 heteroatoms. The van der Waals surface area contributed by atoms with Crippen molar-refractivity contribution in [3.8, 4) is 10.8 Å². The van der Waals surface area contributed by atoms with Crippen LogP contribution in [0.15, 0.2) is 48.1 Å². The van der Waals surface area contributed by atoms with E-state index in [0.717, 1.165) is 5.56 Å². The van der Waals surface area contributed by atoms with E-state index in [2.05, 4.69) is 20.3 Å². The van der Waals surface area contributed by atoms with Crippen molar-refractivity contribution in [3.63, 3.8) is 0 Å². The Morgan fingerprint density at radius 2 is 1.88 bits per heavy atom. The van der Waals surface area contributed by atoms with Gasteiger partial charge in [0.1, 0.15) is 5.82 Å². The van der Waals surface area contributed by atoms with Gasteiger partial charge in [-0.15, -0.1) is 11.3 Å². The zero-order valence-corrected chi connectivity index (χ0v) is 15.3. The number of carbonyl (C=O) groups excluding carboxylic acids is 1. The number of thiazole rings is 1. The maximum Gasteiger partial charge on any atom is 0.226 e. The van der Waals surface area contributed by atoms with Gasteiger partial charge < -0.3 is 5.32 Å². The van der Waals surface area contributed by atoms with Gasteiger partial charge in [-0.1, -0.05) is 26.0 Å². The Bertz CT molecular complexity index is 865. The monoisotopic (exact) mass is 370 g/mol. The molecule has 0 aliphatic carbocycles. The quantitative estimate of drug-likeness (QED) is 0.717. The van der Waals surface area contributed by atoms with E-state index in [1.807, 2.05) is 19.2 Å². The summed E-state index contributed by atoms with van der Waals surface area (Å²) < 4.78 is 13.1. The lowest BCUT2D eigenvalue weighted by molar-refractivity contribution is -0.121. The Labute approximate surface area is 155 Å². The van der Waals surface area contributed by atoms with E-state index in [1.54, 1.807) is 30.6 Å². The molecule has 5 nitrogen and oxygen atoms in total. The van der Waals surface area contributed by atoms with Gasteiger partial charge in [0.25, 0.3) is 0 Å². The van der Waals surface area contributed by atoms with Gasteiger partial charge >= 0.3 is 0 Å². The normalized spacial score (nSPS) is 12.2. The molecule has 0 unspecified atom stereocenters. The number of halogens is 1. The molecule has 26 heavy (non-hydrogen) atoms. The zero-order valence-electron chi connectivity index (χ0n) is 14.5. The van der Waals surface area contributed by atoms with Crippen LogP contribution in [0.5, 0.6) is 0 Å². The molecule has 0 saturated carbocycles. The van der Waals surface area contributed by atoms with Crippen LogP contribution in [-0.4, -0.2) is 20.9 Å². The molecule has 1 amide bonds. The smallest absolute Gasteiger partial charge is 0.226 e. The molecule has 2 aromatic heterocycles. The summed E-state index contributed by atoms with van der Waals surface area (Å²) in [6, 6.07) is 7.78. The molecule has 1 aromatic carbocycles. The number of nitrogens with one attached hydrogen (secondary N) is 1. The van der Waals surface area contributed by atoms with Crippen LogP contribution in [0.1, 0.15) is 31.1 Å². The van der Waals surface area contributed by atoms with E-state index < -0.39 is 0 Å². The van der Waals surface area contributed by atoms with Crippen LogP contribution in [0.4, 0.5) is 4.39 Å². The van der Waals surface area contributed by atoms with Crippen LogP contribution in [0.25, 0.3) is 10.8 Å². The summed E-state index contributed by atoms with van der Waals surface area (Å²) >= 11 is 1.41. The Hall–Kier alpha value is -2.67. The lowest BCUT2D eigenvalue weighted by Crippen LogP contribution is -2.32. The van der Waals surface area contributed by atoms with Crippen LogP contribution in [0, 0.1) is 11.7 Å². The number of aromatic nitrogens is 3. The molecule has 0 spiro atoms. The van der Waals surface area contributed by atoms with E-state index in [1.165, 1.54) is 23.5 Å². The molecular formula is C19H19FN4OS. The van der Waals surface area contributed by atoms with Gasteiger partial charge in [-0.3, -0.25) is 4.79 Å². The van der Waals surface area contributed by atoms with Gasteiger partial charge in [-0.2, -0.15) is 0 Å². The third kappa shape index (κ3) is 4.49. The van der Waals surface area contributed by atoms with Gasteiger partial charge in [0, 0.05) is 17.8 Å². The Kier molecular flexibility index (Phi) is 5.68. The summed E-state index contributed by atoms with van der Waals surface area (Å²) in [6.45, 7) is 4.03. The molecule has 2 heterocycles. The molecule has 134 valence electrons. The number of benzene rings is 1. The van der Waals surface area contributed by atoms with E-state index in [4.69, 9.17) is 0 Å². The standard InChI is InChI=1S/C19H19FN4OS/c1-12(2)17(13-4-6-14(20)7-5-13)24-16(25)10-15-11-26-19(23-15)18-21-8-3-9-22-18/h3-9,11-12,17H,10H2,1-2H3,(H,24,25)/t17-/m0/s1. The second-order valence-corrected chi connectivity index (χ2v) is 7.09. The minimum Gasteiger partial charge on any atom is -0.349 e. The molecule has 3 rings (SSSR count). The van der Waals surface area contributed by atoms with Crippen LogP contribution < -0.4 is 5.32 Å². The maximum atomic E-state index is 13.1. The predicted octanol–water partition coefficient (Wildman–Crippen LogP) is 3.80. The van der Waals surface area contributed by atoms with Crippen LogP contribution >= 0.6 is 11.3 Å². The van der Waals surface area contributed by atoms with Crippen LogP contribution in [0.2, 0.25) is 0 Å². The van der Waals surface area contributed by atoms with Crippen molar-refractivity contribution >= 4 is 17.2 Å². The lowest BCUT2D eigenvalue weighted by Gasteiger charge is -2.22. The summed E-state index contributed by atoms with van der Waals surface area (Å²) in [5, 5.41) is 5.55. The van der Waals surface area contributed by atoms with E-state index >= 15 is 0 Å². The van der Waals surface area contributed by atoms with Gasteiger partial charge in [-0.05, 0) is 29.7 Å². The summed E-state index contributed by atoms with van der Waals surface area (Å²) in [5.41, 5.74) is 1.56. The predicted molar refractivity (Wildman–Crippen MR) is 99.0 cm³/mol. The fourth-order valence-electron chi connectivity index (χ4n) is 2.59. The Balaban J connectivity index is 1.67. The first-order valence-electron chi connectivity index (χ1n) is 8.29. The zero-order chi connectivity index (χ0) is 18.5. The highest BCUT2D eigenvalue weighted by atomic mass is 32.1. The van der Waals surface area contributed by atoms with Crippen LogP contribution in [-0.2, 0) is 11.2 Å². The Morgan fingerprint density at radius 3 is 2.54 bits per heavy atom. The van der Waals surface area contributed by atoms with Crippen molar-refractivity contribution in [1.82, 2.24) is 20.3 Å². The number of nitrogens with zero attached hydrogens (tertiary/aromatic N) is 3. The Morgan fingerprint density at radius 1 is 1.19 bits per heavy atom. The first kappa shape index (κ1) is 18.1. The average molecular weight is 370 g/mol. The number of carbonyl (C=O) groups is 1.